The first-order valence-corrected chi connectivity index (χ1v) is 9.07. The lowest BCUT2D eigenvalue weighted by atomic mass is 10.1. The molecule has 1 aliphatic heterocycles. The Hall–Kier alpha value is -0.180. The van der Waals surface area contributed by atoms with Crippen LogP contribution in [0.1, 0.15) is 15.9 Å². The highest BCUT2D eigenvalue weighted by molar-refractivity contribution is 8.10. The second-order valence-corrected chi connectivity index (χ2v) is 9.69. The summed E-state index contributed by atoms with van der Waals surface area (Å²) < 4.78 is 9.62. The lowest BCUT2D eigenvalue weighted by Gasteiger charge is -2.24. The summed E-state index contributed by atoms with van der Waals surface area (Å²) in [7, 11) is 0. The molecule has 0 radical (unpaired) electrons. The summed E-state index contributed by atoms with van der Waals surface area (Å²) in [6.45, 7) is 0. The van der Waals surface area contributed by atoms with Crippen molar-refractivity contribution in [2.45, 2.75) is 4.46 Å². The van der Waals surface area contributed by atoms with E-state index < -0.39 is 16.2 Å². The topological polar surface area (TPSA) is 37.4 Å². The summed E-state index contributed by atoms with van der Waals surface area (Å²) in [6.07, 6.45) is 1.14. The van der Waals surface area contributed by atoms with Gasteiger partial charge in [-0.05, 0) is 28.5 Å². The van der Waals surface area contributed by atoms with Gasteiger partial charge in [-0.3, -0.25) is 14.3 Å². The first kappa shape index (κ1) is 14.2. The summed E-state index contributed by atoms with van der Waals surface area (Å²) in [5, 5.41) is 0. The maximum Gasteiger partial charge on any atom is 0.276 e. The molecule has 1 aliphatic rings. The summed E-state index contributed by atoms with van der Waals surface area (Å²) in [5.41, 5.74) is 0.841. The number of hydrogen-bond acceptors (Lipinski definition) is 2. The molecule has 2 rings (SSSR count). The van der Waals surface area contributed by atoms with Crippen LogP contribution in [0.5, 0.6) is 0 Å². The Morgan fingerprint density at radius 2 is 1.83 bits per heavy atom. The predicted octanol–water partition coefficient (Wildman–Crippen LogP) is 4.87. The van der Waals surface area contributed by atoms with Gasteiger partial charge < -0.3 is 0 Å². The van der Waals surface area contributed by atoms with Gasteiger partial charge in [0.25, 0.3) is 11.8 Å². The maximum absolute atomic E-state index is 12.1. The van der Waals surface area contributed by atoms with Gasteiger partial charge in [0.05, 0.1) is 0 Å². The smallest absolute Gasteiger partial charge is 0.276 e. The first-order chi connectivity index (χ1) is 8.23. The molecule has 8 heteroatoms. The van der Waals surface area contributed by atoms with E-state index in [9.17, 15) is 9.36 Å². The van der Waals surface area contributed by atoms with E-state index in [2.05, 4.69) is 0 Å². The highest BCUT2D eigenvalue weighted by Gasteiger charge is 2.46. The molecule has 0 saturated carbocycles. The van der Waals surface area contributed by atoms with E-state index in [-0.39, 0.29) is 0 Å². The molecule has 0 fully saturated rings. The Bertz CT molecular complexity index is 581. The van der Waals surface area contributed by atoms with Crippen LogP contribution < -0.4 is 0 Å². The summed E-state index contributed by atoms with van der Waals surface area (Å²) in [4.78, 5) is 13.1. The van der Waals surface area contributed by atoms with Crippen LogP contribution in [0.15, 0.2) is 36.3 Å². The van der Waals surface area contributed by atoms with E-state index in [1.54, 1.807) is 24.3 Å². The van der Waals surface area contributed by atoms with E-state index in [4.69, 9.17) is 45.7 Å². The molecule has 0 bridgehead atoms. The van der Waals surface area contributed by atoms with E-state index >= 15 is 0 Å². The van der Waals surface area contributed by atoms with Gasteiger partial charge in [-0.1, -0.05) is 41.4 Å². The van der Waals surface area contributed by atoms with Crippen LogP contribution in [0.2, 0.25) is 0 Å². The molecule has 0 saturated heterocycles. The molecule has 96 valence electrons. The van der Waals surface area contributed by atoms with Gasteiger partial charge in [-0.2, -0.15) is 0 Å². The van der Waals surface area contributed by atoms with E-state index in [1.807, 2.05) is 0 Å². The molecule has 0 atom stereocenters. The average Bonchev–Trinajstić information content (AvgIpc) is 2.45. The van der Waals surface area contributed by atoms with Crippen molar-refractivity contribution in [3.05, 3.63) is 47.4 Å². The van der Waals surface area contributed by atoms with Crippen LogP contribution in [0.3, 0.4) is 0 Å². The summed E-state index contributed by atoms with van der Waals surface area (Å²) in [5.74, 6) is -2.85. The average molecular weight is 345 g/mol. The number of rotatable bonds is 2. The zero-order valence-corrected chi connectivity index (χ0v) is 12.6. The Kier molecular flexibility index (Phi) is 3.74. The molecule has 1 heterocycles. The van der Waals surface area contributed by atoms with Crippen LogP contribution in [0, 0.1) is 0 Å². The van der Waals surface area contributed by atoms with E-state index in [0.717, 1.165) is 16.9 Å². The normalized spacial score (nSPS) is 18.4. The van der Waals surface area contributed by atoms with Gasteiger partial charge in [0, 0.05) is 23.1 Å². The third-order valence-electron chi connectivity index (χ3n) is 2.39. The van der Waals surface area contributed by atoms with Crippen LogP contribution in [0.4, 0.5) is 0 Å². The molecule has 0 aliphatic carbocycles. The molecule has 0 spiro atoms. The molecule has 18 heavy (non-hydrogen) atoms. The van der Waals surface area contributed by atoms with Crippen LogP contribution >= 0.6 is 51.5 Å². The highest BCUT2D eigenvalue weighted by atomic mass is 35.9. The summed E-state index contributed by atoms with van der Waals surface area (Å²) in [6, 6.07) is 6.66. The number of benzene rings is 1. The quantitative estimate of drug-likeness (QED) is 0.436. The van der Waals surface area contributed by atoms with Gasteiger partial charge in [-0.25, -0.2) is 0 Å². The fourth-order valence-electron chi connectivity index (χ4n) is 1.62. The van der Waals surface area contributed by atoms with Crippen molar-refractivity contribution < 1.29 is 9.36 Å². The molecule has 3 nitrogen and oxygen atoms in total. The van der Waals surface area contributed by atoms with Crippen molar-refractivity contribution in [3.8, 4) is 0 Å². The van der Waals surface area contributed by atoms with Crippen molar-refractivity contribution in [2.24, 2.45) is 0 Å². The van der Waals surface area contributed by atoms with Gasteiger partial charge in [0.1, 0.15) is 0 Å². The third-order valence-corrected chi connectivity index (χ3v) is 4.32. The van der Waals surface area contributed by atoms with Crippen molar-refractivity contribution >= 4 is 57.4 Å². The lowest BCUT2D eigenvalue weighted by Crippen LogP contribution is -2.30. The number of carbonyl (C=O) groups excluding carboxylic acids is 1. The van der Waals surface area contributed by atoms with Crippen molar-refractivity contribution in [1.29, 1.82) is 0 Å². The van der Waals surface area contributed by atoms with Crippen molar-refractivity contribution in [2.75, 3.05) is 0 Å². The Morgan fingerprint density at radius 3 is 2.39 bits per heavy atom. The minimum Gasteiger partial charge on any atom is -0.285 e. The van der Waals surface area contributed by atoms with Crippen LogP contribution in [0.25, 0.3) is 0 Å². The van der Waals surface area contributed by atoms with Gasteiger partial charge in [-0.15, -0.1) is 0 Å². The van der Waals surface area contributed by atoms with Crippen molar-refractivity contribution in [3.63, 3.8) is 0 Å². The second kappa shape index (κ2) is 4.73. The van der Waals surface area contributed by atoms with Gasteiger partial charge >= 0.3 is 0 Å². The van der Waals surface area contributed by atoms with Crippen molar-refractivity contribution in [1.82, 2.24) is 4.90 Å². The van der Waals surface area contributed by atoms with Gasteiger partial charge in [0.2, 0.25) is 4.46 Å². The first-order valence-electron chi connectivity index (χ1n) is 4.73. The largest absolute Gasteiger partial charge is 0.285 e. The molecular formula is C10H6Cl4NO2P. The van der Waals surface area contributed by atoms with Gasteiger partial charge in [0.15, 0.2) is 0 Å². The maximum atomic E-state index is 12.1. The number of alkyl halides is 2. The zero-order chi connectivity index (χ0) is 13.6. The molecule has 0 aromatic heterocycles. The Balaban J connectivity index is 2.45. The molecule has 1 aromatic carbocycles. The number of halogens is 4. The number of nitrogens with zero attached hydrogens (tertiary/aromatic N) is 1. The predicted molar refractivity (Wildman–Crippen MR) is 74.4 cm³/mol. The second-order valence-electron chi connectivity index (χ2n) is 3.56. The van der Waals surface area contributed by atoms with Crippen LogP contribution in [-0.2, 0) is 9.02 Å². The standard InChI is InChI=1S/C10H6Cl4NO2P/c11-10(12)8-4-2-1-3-7(8)9(16)15(10)5-6-18(13,14)17/h1-6H/b6-5+. The minimum atomic E-state index is -3.44. The third kappa shape index (κ3) is 2.56. The molecule has 0 unspecified atom stereocenters. The SMILES string of the molecule is O=C1c2ccccc2C(Cl)(Cl)N1/C=C/P(=O)(Cl)Cl. The molecular weight excluding hydrogens is 339 g/mol. The summed E-state index contributed by atoms with van der Waals surface area (Å²) >= 11 is 23.0. The number of hydrogen-bond donors (Lipinski definition) is 0. The number of carbonyl (C=O) groups is 1. The van der Waals surface area contributed by atoms with Crippen LogP contribution in [-0.4, -0.2) is 10.8 Å². The fraction of sp³-hybridized carbons (Fsp3) is 0.100. The van der Waals surface area contributed by atoms with E-state index in [0.29, 0.717) is 11.1 Å². The molecule has 1 aromatic rings. The highest BCUT2D eigenvalue weighted by Crippen LogP contribution is 2.58. The number of fused-ring (bicyclic) bond motifs is 1. The molecule has 1 amide bonds. The fourth-order valence-corrected chi connectivity index (χ4v) is 2.81. The minimum absolute atomic E-state index is 0.381. The van der Waals surface area contributed by atoms with E-state index in [1.165, 1.54) is 0 Å². The monoisotopic (exact) mass is 343 g/mol. The lowest BCUT2D eigenvalue weighted by molar-refractivity contribution is 0.0822. The zero-order valence-electron chi connectivity index (χ0n) is 8.69. The Labute approximate surface area is 123 Å². The number of amides is 1. The Morgan fingerprint density at radius 1 is 1.22 bits per heavy atom. The molecule has 0 N–H and O–H groups in total.